The van der Waals surface area contributed by atoms with Gasteiger partial charge in [0.05, 0.1) is 0 Å². The van der Waals surface area contributed by atoms with Crippen LogP contribution in [0.1, 0.15) is 32.1 Å². The van der Waals surface area contributed by atoms with Crippen LogP contribution in [0.25, 0.3) is 0 Å². The number of hydrogen-bond donors (Lipinski definition) is 1. The zero-order valence-corrected chi connectivity index (χ0v) is 9.33. The average molecular weight is 205 g/mol. The summed E-state index contributed by atoms with van der Waals surface area (Å²) < 4.78 is 0. The van der Waals surface area contributed by atoms with Crippen LogP contribution in [0.2, 0.25) is 0 Å². The Morgan fingerprint density at radius 2 is 1.77 bits per heavy atom. The monoisotopic (exact) mass is 204 g/mol. The molecular weight excluding hydrogens is 184 g/mol. The average Bonchev–Trinajstić information content (AvgIpc) is 2.13. The molecule has 0 aromatic rings. The van der Waals surface area contributed by atoms with Crippen molar-refractivity contribution in [3.63, 3.8) is 0 Å². The molecule has 2 saturated heterocycles. The van der Waals surface area contributed by atoms with Crippen LogP contribution in [0.15, 0.2) is 0 Å². The number of piperidine rings is 2. The van der Waals surface area contributed by atoms with Crippen LogP contribution in [0.4, 0.5) is 0 Å². The van der Waals surface area contributed by atoms with Gasteiger partial charge in [-0.15, -0.1) is 12.4 Å². The Balaban J connectivity index is 0.000000845. The second kappa shape index (κ2) is 4.63. The number of hydrogen-bond acceptors (Lipinski definition) is 2. The highest BCUT2D eigenvalue weighted by Gasteiger charge is 2.33. The van der Waals surface area contributed by atoms with Gasteiger partial charge in [0.25, 0.3) is 0 Å². The highest BCUT2D eigenvalue weighted by molar-refractivity contribution is 5.85. The highest BCUT2D eigenvalue weighted by atomic mass is 35.5. The van der Waals surface area contributed by atoms with Gasteiger partial charge in [0, 0.05) is 5.54 Å². The molecule has 2 heterocycles. The van der Waals surface area contributed by atoms with E-state index in [0.717, 1.165) is 0 Å². The molecule has 0 aromatic heterocycles. The molecule has 0 unspecified atom stereocenters. The molecule has 2 aliphatic heterocycles. The molecule has 0 amide bonds. The van der Waals surface area contributed by atoms with Crippen molar-refractivity contribution < 1.29 is 0 Å². The van der Waals surface area contributed by atoms with E-state index < -0.39 is 0 Å². The van der Waals surface area contributed by atoms with E-state index in [2.05, 4.69) is 17.3 Å². The minimum atomic E-state index is 0. The molecule has 3 heteroatoms. The van der Waals surface area contributed by atoms with Crippen molar-refractivity contribution in [3.05, 3.63) is 0 Å². The Labute approximate surface area is 87.5 Å². The topological polar surface area (TPSA) is 15.3 Å². The largest absolute Gasteiger partial charge is 0.311 e. The van der Waals surface area contributed by atoms with E-state index in [1.165, 1.54) is 51.7 Å². The maximum atomic E-state index is 3.73. The molecule has 0 bridgehead atoms. The molecule has 1 N–H and O–H groups in total. The molecular formula is C10H21ClN2. The Morgan fingerprint density at radius 1 is 1.08 bits per heavy atom. The molecule has 0 saturated carbocycles. The minimum Gasteiger partial charge on any atom is -0.311 e. The summed E-state index contributed by atoms with van der Waals surface area (Å²) in [4.78, 5) is 2.45. The molecule has 0 aromatic carbocycles. The predicted molar refractivity (Wildman–Crippen MR) is 58.6 cm³/mol. The maximum absolute atomic E-state index is 3.73. The van der Waals surface area contributed by atoms with E-state index in [4.69, 9.17) is 0 Å². The molecule has 0 atom stereocenters. The van der Waals surface area contributed by atoms with Crippen LogP contribution >= 0.6 is 12.4 Å². The molecule has 2 nitrogen and oxygen atoms in total. The van der Waals surface area contributed by atoms with E-state index in [1.54, 1.807) is 0 Å². The molecule has 2 rings (SSSR count). The second-order valence-electron chi connectivity index (χ2n) is 4.47. The van der Waals surface area contributed by atoms with Crippen LogP contribution in [-0.4, -0.2) is 37.1 Å². The Hall–Kier alpha value is 0.210. The quantitative estimate of drug-likeness (QED) is 0.646. The predicted octanol–water partition coefficient (Wildman–Crippen LogP) is 1.65. The first-order valence-corrected chi connectivity index (χ1v) is 5.24. The molecule has 78 valence electrons. The van der Waals surface area contributed by atoms with Gasteiger partial charge in [-0.25, -0.2) is 0 Å². The van der Waals surface area contributed by atoms with E-state index in [9.17, 15) is 0 Å². The van der Waals surface area contributed by atoms with Gasteiger partial charge in [-0.1, -0.05) is 6.42 Å². The van der Waals surface area contributed by atoms with Gasteiger partial charge in [0.1, 0.15) is 0 Å². The molecule has 1 spiro atoms. The first kappa shape index (κ1) is 11.3. The number of nitrogens with one attached hydrogen (secondary N) is 1. The fourth-order valence-electron chi connectivity index (χ4n) is 2.50. The van der Waals surface area contributed by atoms with Gasteiger partial charge >= 0.3 is 0 Å². The third-order valence-corrected chi connectivity index (χ3v) is 3.53. The van der Waals surface area contributed by atoms with Crippen molar-refractivity contribution in [3.8, 4) is 0 Å². The summed E-state index contributed by atoms with van der Waals surface area (Å²) in [5.74, 6) is 0. The Morgan fingerprint density at radius 3 is 2.31 bits per heavy atom. The number of halogens is 1. The van der Waals surface area contributed by atoms with E-state index >= 15 is 0 Å². The summed E-state index contributed by atoms with van der Waals surface area (Å²) in [6.07, 6.45) is 6.97. The first-order chi connectivity index (χ1) is 5.81. The summed E-state index contributed by atoms with van der Waals surface area (Å²) in [6, 6.07) is 0. The van der Waals surface area contributed by atoms with Crippen LogP contribution in [0.5, 0.6) is 0 Å². The fourth-order valence-corrected chi connectivity index (χ4v) is 2.50. The fraction of sp³-hybridized carbons (Fsp3) is 1.00. The summed E-state index contributed by atoms with van der Waals surface area (Å²) in [7, 11) is 2.23. The van der Waals surface area contributed by atoms with Gasteiger partial charge in [-0.2, -0.15) is 0 Å². The van der Waals surface area contributed by atoms with Crippen LogP contribution in [0.3, 0.4) is 0 Å². The number of nitrogens with zero attached hydrogens (tertiary/aromatic N) is 1. The molecule has 2 aliphatic rings. The molecule has 0 aliphatic carbocycles. The van der Waals surface area contributed by atoms with E-state index in [1.807, 2.05) is 0 Å². The lowest BCUT2D eigenvalue weighted by Crippen LogP contribution is -2.54. The van der Waals surface area contributed by atoms with Crippen molar-refractivity contribution in [1.29, 1.82) is 0 Å². The summed E-state index contributed by atoms with van der Waals surface area (Å²) in [5, 5.41) is 3.73. The lowest BCUT2D eigenvalue weighted by Gasteiger charge is -2.44. The third kappa shape index (κ3) is 2.58. The van der Waals surface area contributed by atoms with Crippen molar-refractivity contribution in [2.24, 2.45) is 0 Å². The van der Waals surface area contributed by atoms with Gasteiger partial charge in [0.2, 0.25) is 0 Å². The van der Waals surface area contributed by atoms with Crippen molar-refractivity contribution >= 4 is 12.4 Å². The molecule has 0 radical (unpaired) electrons. The van der Waals surface area contributed by atoms with Crippen molar-refractivity contribution in [1.82, 2.24) is 10.2 Å². The highest BCUT2D eigenvalue weighted by Crippen LogP contribution is 2.29. The van der Waals surface area contributed by atoms with E-state index in [-0.39, 0.29) is 12.4 Å². The van der Waals surface area contributed by atoms with Gasteiger partial charge in [0.15, 0.2) is 0 Å². The van der Waals surface area contributed by atoms with Crippen LogP contribution in [0, 0.1) is 0 Å². The number of likely N-dealkylation sites (tertiary alicyclic amines) is 1. The Kier molecular flexibility index (Phi) is 4.02. The minimum absolute atomic E-state index is 0. The van der Waals surface area contributed by atoms with Crippen LogP contribution < -0.4 is 5.32 Å². The molecule has 2 fully saturated rings. The summed E-state index contributed by atoms with van der Waals surface area (Å²) in [6.45, 7) is 3.82. The molecule has 13 heavy (non-hydrogen) atoms. The normalized spacial score (nSPS) is 28.4. The summed E-state index contributed by atoms with van der Waals surface area (Å²) >= 11 is 0. The Bertz CT molecular complexity index is 145. The smallest absolute Gasteiger partial charge is 0.0205 e. The lowest BCUT2D eigenvalue weighted by molar-refractivity contribution is 0.129. The summed E-state index contributed by atoms with van der Waals surface area (Å²) in [5.41, 5.74) is 0.546. The zero-order valence-electron chi connectivity index (χ0n) is 8.51. The zero-order chi connectivity index (χ0) is 8.44. The lowest BCUT2D eigenvalue weighted by atomic mass is 9.81. The van der Waals surface area contributed by atoms with E-state index in [0.29, 0.717) is 5.54 Å². The SMILES string of the molecule is CN1CCC2(CCCCN2)CC1.Cl. The van der Waals surface area contributed by atoms with Gasteiger partial charge in [-0.3, -0.25) is 0 Å². The van der Waals surface area contributed by atoms with Crippen molar-refractivity contribution in [2.45, 2.75) is 37.6 Å². The van der Waals surface area contributed by atoms with Gasteiger partial charge < -0.3 is 10.2 Å². The second-order valence-corrected chi connectivity index (χ2v) is 4.47. The van der Waals surface area contributed by atoms with Crippen LogP contribution in [-0.2, 0) is 0 Å². The van der Waals surface area contributed by atoms with Gasteiger partial charge in [-0.05, 0) is 52.4 Å². The first-order valence-electron chi connectivity index (χ1n) is 5.24. The third-order valence-electron chi connectivity index (χ3n) is 3.53. The maximum Gasteiger partial charge on any atom is 0.0205 e. The standard InChI is InChI=1S/C10H20N2.ClH/c1-12-8-5-10(6-9-12)4-2-3-7-11-10;/h11H,2-9H2,1H3;1H. The van der Waals surface area contributed by atoms with Crippen molar-refractivity contribution in [2.75, 3.05) is 26.7 Å². The number of rotatable bonds is 0.